The number of aryl methyl sites for hydroxylation is 1. The normalized spacial score (nSPS) is 20.9. The van der Waals surface area contributed by atoms with Crippen LogP contribution in [-0.2, 0) is 16.0 Å². The predicted octanol–water partition coefficient (Wildman–Crippen LogP) is 4.66. The Hall–Kier alpha value is -3.93. The Bertz CT molecular complexity index is 1440. The molecule has 2 aliphatic rings. The molecule has 0 radical (unpaired) electrons. The lowest BCUT2D eigenvalue weighted by atomic mass is 9.80. The number of urea groups is 1. The number of hydrogen-bond acceptors (Lipinski definition) is 5. The monoisotopic (exact) mass is 547 g/mol. The van der Waals surface area contributed by atoms with Gasteiger partial charge in [-0.2, -0.15) is 5.26 Å². The molecular formula is C28H23Cl2N5O3. The van der Waals surface area contributed by atoms with E-state index in [1.165, 1.54) is 23.1 Å². The minimum Gasteiger partial charge on any atom is -0.339 e. The Morgan fingerprint density at radius 2 is 1.84 bits per heavy atom. The van der Waals surface area contributed by atoms with Crippen molar-refractivity contribution in [1.29, 1.82) is 5.26 Å². The third-order valence-corrected chi connectivity index (χ3v) is 7.75. The molecule has 2 aromatic carbocycles. The van der Waals surface area contributed by atoms with Crippen molar-refractivity contribution >= 4 is 46.7 Å². The highest BCUT2D eigenvalue weighted by Crippen LogP contribution is 2.46. The Kier molecular flexibility index (Phi) is 6.82. The van der Waals surface area contributed by atoms with Gasteiger partial charge in [-0.1, -0.05) is 41.4 Å². The van der Waals surface area contributed by atoms with E-state index in [0.29, 0.717) is 22.0 Å². The number of halogens is 2. The second kappa shape index (κ2) is 10.1. The number of aromatic nitrogens is 1. The maximum atomic E-state index is 14.2. The molecule has 38 heavy (non-hydrogen) atoms. The molecule has 5 rings (SSSR count). The number of carbonyl (C=O) groups is 3. The lowest BCUT2D eigenvalue weighted by Gasteiger charge is -2.33. The molecule has 2 saturated heterocycles. The lowest BCUT2D eigenvalue weighted by molar-refractivity contribution is -0.131. The van der Waals surface area contributed by atoms with Crippen molar-refractivity contribution in [3.63, 3.8) is 0 Å². The third kappa shape index (κ3) is 4.38. The summed E-state index contributed by atoms with van der Waals surface area (Å²) in [6.07, 6.45) is 4.14. The Morgan fingerprint density at radius 3 is 2.47 bits per heavy atom. The summed E-state index contributed by atoms with van der Waals surface area (Å²) in [6, 6.07) is 16.7. The summed E-state index contributed by atoms with van der Waals surface area (Å²) < 4.78 is 0. The zero-order chi connectivity index (χ0) is 27.0. The van der Waals surface area contributed by atoms with Crippen molar-refractivity contribution in [2.45, 2.75) is 24.3 Å². The van der Waals surface area contributed by atoms with Gasteiger partial charge >= 0.3 is 6.03 Å². The van der Waals surface area contributed by atoms with Crippen molar-refractivity contribution in [3.05, 3.63) is 93.7 Å². The van der Waals surface area contributed by atoms with Crippen LogP contribution in [0.15, 0.2) is 67.0 Å². The van der Waals surface area contributed by atoms with Crippen molar-refractivity contribution in [2.24, 2.45) is 0 Å². The van der Waals surface area contributed by atoms with Crippen LogP contribution in [0, 0.1) is 11.3 Å². The van der Waals surface area contributed by atoms with Gasteiger partial charge in [-0.25, -0.2) is 9.69 Å². The fourth-order valence-electron chi connectivity index (χ4n) is 5.35. The van der Waals surface area contributed by atoms with Crippen LogP contribution in [0.2, 0.25) is 10.0 Å². The number of imide groups is 1. The molecule has 10 heteroatoms. The van der Waals surface area contributed by atoms with Crippen LogP contribution in [-0.4, -0.2) is 58.3 Å². The number of amides is 4. The first kappa shape index (κ1) is 25.7. The summed E-state index contributed by atoms with van der Waals surface area (Å²) in [5.74, 6) is -1.10. The number of benzene rings is 2. The molecular weight excluding hydrogens is 525 g/mol. The van der Waals surface area contributed by atoms with Crippen LogP contribution < -0.4 is 4.90 Å². The smallest absolute Gasteiger partial charge is 0.332 e. The molecule has 3 heterocycles. The van der Waals surface area contributed by atoms with Gasteiger partial charge < -0.3 is 9.80 Å². The van der Waals surface area contributed by atoms with Crippen LogP contribution in [0.1, 0.15) is 29.0 Å². The largest absolute Gasteiger partial charge is 0.339 e. The van der Waals surface area contributed by atoms with Gasteiger partial charge in [0.1, 0.15) is 5.54 Å². The maximum Gasteiger partial charge on any atom is 0.332 e. The number of rotatable bonds is 5. The number of pyridine rings is 1. The molecule has 0 aliphatic carbocycles. The summed E-state index contributed by atoms with van der Waals surface area (Å²) in [4.78, 5) is 49.4. The summed E-state index contributed by atoms with van der Waals surface area (Å²) in [7, 11) is 1.58. The van der Waals surface area contributed by atoms with E-state index in [2.05, 4.69) is 11.1 Å². The summed E-state index contributed by atoms with van der Waals surface area (Å²) in [5, 5.41) is 9.83. The lowest BCUT2D eigenvalue weighted by Crippen LogP contribution is -2.54. The van der Waals surface area contributed by atoms with E-state index < -0.39 is 23.4 Å². The molecule has 8 nitrogen and oxygen atoms in total. The first-order valence-electron chi connectivity index (χ1n) is 12.0. The molecule has 0 saturated carbocycles. The highest BCUT2D eigenvalue weighted by molar-refractivity contribution is 6.35. The van der Waals surface area contributed by atoms with Crippen molar-refractivity contribution in [1.82, 2.24) is 14.8 Å². The minimum atomic E-state index is -1.34. The first-order chi connectivity index (χ1) is 18.2. The van der Waals surface area contributed by atoms with Crippen LogP contribution >= 0.6 is 23.2 Å². The van der Waals surface area contributed by atoms with Crippen molar-refractivity contribution in [3.8, 4) is 6.07 Å². The fraction of sp³-hybridized carbons (Fsp3) is 0.250. The molecule has 1 aromatic heterocycles. The highest BCUT2D eigenvalue weighted by Gasteiger charge is 2.64. The van der Waals surface area contributed by atoms with Gasteiger partial charge in [0.2, 0.25) is 5.91 Å². The van der Waals surface area contributed by atoms with E-state index in [4.69, 9.17) is 23.2 Å². The zero-order valence-electron chi connectivity index (χ0n) is 20.5. The number of carbonyl (C=O) groups excluding carboxylic acids is 3. The Balaban J connectivity index is 1.52. The second-order valence-electron chi connectivity index (χ2n) is 9.46. The van der Waals surface area contributed by atoms with Gasteiger partial charge in [-0.05, 0) is 53.9 Å². The molecule has 192 valence electrons. The zero-order valence-corrected chi connectivity index (χ0v) is 22.0. The number of likely N-dealkylation sites (N-methyl/N-ethyl adjacent to an activating group) is 1. The molecule has 3 aromatic rings. The van der Waals surface area contributed by atoms with Gasteiger partial charge in [0.15, 0.2) is 0 Å². The molecule has 2 unspecified atom stereocenters. The van der Waals surface area contributed by atoms with Crippen molar-refractivity contribution in [2.75, 3.05) is 25.0 Å². The summed E-state index contributed by atoms with van der Waals surface area (Å²) >= 11 is 12.4. The number of nitriles is 1. The van der Waals surface area contributed by atoms with Gasteiger partial charge in [0, 0.05) is 48.4 Å². The third-order valence-electron chi connectivity index (χ3n) is 7.31. The minimum absolute atomic E-state index is 0.0371. The van der Waals surface area contributed by atoms with Gasteiger partial charge in [-0.3, -0.25) is 14.6 Å². The Labute approximate surface area is 230 Å². The van der Waals surface area contributed by atoms with E-state index in [0.717, 1.165) is 16.0 Å². The predicted molar refractivity (Wildman–Crippen MR) is 143 cm³/mol. The first-order valence-corrected chi connectivity index (χ1v) is 12.8. The molecule has 2 fully saturated rings. The highest BCUT2D eigenvalue weighted by atomic mass is 35.5. The molecule has 0 bridgehead atoms. The van der Waals surface area contributed by atoms with Gasteiger partial charge in [0.25, 0.3) is 5.91 Å². The standard InChI is InChI=1S/C28H23Cl2N5O3/c1-33-27(38)35(23-12-21(29)11-22(30)13-23)26(37)28(33)17-34(25(36)9-6-19-3-2-10-32-15-19)16-24(28)20-7-4-18(14-31)5-8-20/h2-5,7-8,10-13,15,24H,6,9,16-17H2,1H3. The van der Waals surface area contributed by atoms with Crippen LogP contribution in [0.25, 0.3) is 0 Å². The fourth-order valence-corrected chi connectivity index (χ4v) is 5.87. The van der Waals surface area contributed by atoms with E-state index in [1.807, 2.05) is 12.1 Å². The molecule has 2 atom stereocenters. The van der Waals surface area contributed by atoms with Gasteiger partial charge in [0.05, 0.1) is 23.9 Å². The van der Waals surface area contributed by atoms with E-state index in [9.17, 15) is 19.6 Å². The molecule has 0 N–H and O–H groups in total. The summed E-state index contributed by atoms with van der Waals surface area (Å²) in [5.41, 5.74) is 1.09. The Morgan fingerprint density at radius 1 is 1.13 bits per heavy atom. The topological polar surface area (TPSA) is 97.6 Å². The van der Waals surface area contributed by atoms with E-state index in [-0.39, 0.29) is 31.1 Å². The quantitative estimate of drug-likeness (QED) is 0.433. The van der Waals surface area contributed by atoms with Crippen LogP contribution in [0.4, 0.5) is 10.5 Å². The SMILES string of the molecule is CN1C(=O)N(c2cc(Cl)cc(Cl)c2)C(=O)C12CN(C(=O)CCc1cccnc1)CC2c1ccc(C#N)cc1. The summed E-state index contributed by atoms with van der Waals surface area (Å²) in [6.45, 7) is 0.278. The number of hydrogen-bond donors (Lipinski definition) is 0. The average Bonchev–Trinajstić information content (AvgIpc) is 3.40. The average molecular weight is 548 g/mol. The molecule has 1 spiro atoms. The molecule has 4 amide bonds. The van der Waals surface area contributed by atoms with Crippen LogP contribution in [0.5, 0.6) is 0 Å². The number of anilines is 1. The molecule has 2 aliphatic heterocycles. The number of likely N-dealkylation sites (tertiary alicyclic amines) is 1. The maximum absolute atomic E-state index is 14.2. The van der Waals surface area contributed by atoms with Crippen molar-refractivity contribution < 1.29 is 14.4 Å². The van der Waals surface area contributed by atoms with E-state index in [1.54, 1.807) is 48.6 Å². The van der Waals surface area contributed by atoms with E-state index >= 15 is 0 Å². The number of nitrogens with zero attached hydrogens (tertiary/aromatic N) is 5. The second-order valence-corrected chi connectivity index (χ2v) is 10.3. The van der Waals surface area contributed by atoms with Gasteiger partial charge in [-0.15, -0.1) is 0 Å². The van der Waals surface area contributed by atoms with Crippen LogP contribution in [0.3, 0.4) is 0 Å².